The summed E-state index contributed by atoms with van der Waals surface area (Å²) < 4.78 is 0. The molecule has 1 rings (SSSR count). The van der Waals surface area contributed by atoms with Crippen molar-refractivity contribution in [3.63, 3.8) is 0 Å². The number of hydrogen-bond acceptors (Lipinski definition) is 4. The molecule has 0 aromatic carbocycles. The minimum absolute atomic E-state index is 0.00993. The number of carbonyl (C=O) groups is 2. The van der Waals surface area contributed by atoms with Crippen LogP contribution in [0.1, 0.15) is 41.3 Å². The third-order valence-corrected chi connectivity index (χ3v) is 3.85. The number of rotatable bonds is 8. The number of nitrogens with one attached hydrogen (secondary N) is 1. The number of carboxylic acids is 1. The van der Waals surface area contributed by atoms with Gasteiger partial charge in [-0.3, -0.25) is 9.59 Å². The maximum Gasteiger partial charge on any atom is 0.303 e. The summed E-state index contributed by atoms with van der Waals surface area (Å²) >= 11 is 1.66. The Bertz CT molecular complexity index is 443. The van der Waals surface area contributed by atoms with Crippen molar-refractivity contribution in [3.05, 3.63) is 15.6 Å². The molecule has 0 saturated heterocycles. The zero-order valence-electron chi connectivity index (χ0n) is 11.4. The van der Waals surface area contributed by atoms with Gasteiger partial charge in [0.15, 0.2) is 0 Å². The highest BCUT2D eigenvalue weighted by atomic mass is 32.1. The van der Waals surface area contributed by atoms with Gasteiger partial charge < -0.3 is 10.4 Å². The van der Waals surface area contributed by atoms with Crippen molar-refractivity contribution in [1.29, 1.82) is 0 Å². The molecule has 0 aliphatic heterocycles. The molecule has 1 aromatic heterocycles. The molecule has 19 heavy (non-hydrogen) atoms. The fraction of sp³-hybridized carbons (Fsp3) is 0.615. The van der Waals surface area contributed by atoms with E-state index in [2.05, 4.69) is 10.3 Å². The van der Waals surface area contributed by atoms with Crippen LogP contribution in [0.5, 0.6) is 0 Å². The monoisotopic (exact) mass is 284 g/mol. The van der Waals surface area contributed by atoms with Crippen molar-refractivity contribution >= 4 is 23.2 Å². The molecule has 0 spiro atoms. The molecule has 0 bridgehead atoms. The van der Waals surface area contributed by atoms with E-state index >= 15 is 0 Å². The number of unbranched alkanes of at least 4 members (excludes halogenated alkanes) is 1. The van der Waals surface area contributed by atoms with E-state index in [4.69, 9.17) is 5.11 Å². The van der Waals surface area contributed by atoms with Gasteiger partial charge in [-0.25, -0.2) is 4.98 Å². The molecule has 1 aromatic rings. The largest absolute Gasteiger partial charge is 0.481 e. The smallest absolute Gasteiger partial charge is 0.303 e. The average molecular weight is 284 g/mol. The Morgan fingerprint density at radius 1 is 1.26 bits per heavy atom. The molecule has 0 atom stereocenters. The molecule has 5 nitrogen and oxygen atoms in total. The number of aliphatic carboxylic acids is 1. The second kappa shape index (κ2) is 7.89. The van der Waals surface area contributed by atoms with Gasteiger partial charge >= 0.3 is 5.97 Å². The number of hydrogen-bond donors (Lipinski definition) is 2. The first-order chi connectivity index (χ1) is 8.99. The molecule has 0 saturated carbocycles. The maximum absolute atomic E-state index is 11.5. The predicted octanol–water partition coefficient (Wildman–Crippen LogP) is 2.06. The average Bonchev–Trinajstić information content (AvgIpc) is 2.63. The van der Waals surface area contributed by atoms with E-state index in [1.807, 2.05) is 13.8 Å². The first-order valence-corrected chi connectivity index (χ1v) is 7.22. The summed E-state index contributed by atoms with van der Waals surface area (Å²) in [7, 11) is 0. The van der Waals surface area contributed by atoms with Crippen LogP contribution < -0.4 is 5.32 Å². The summed E-state index contributed by atoms with van der Waals surface area (Å²) in [6.07, 6.45) is 2.51. The second-order valence-electron chi connectivity index (χ2n) is 4.44. The number of thiazole rings is 1. The Hall–Kier alpha value is -1.43. The van der Waals surface area contributed by atoms with Crippen molar-refractivity contribution in [1.82, 2.24) is 10.3 Å². The maximum atomic E-state index is 11.5. The van der Waals surface area contributed by atoms with Crippen LogP contribution in [0.2, 0.25) is 0 Å². The van der Waals surface area contributed by atoms with Gasteiger partial charge in [0, 0.05) is 30.7 Å². The van der Waals surface area contributed by atoms with Gasteiger partial charge in [-0.2, -0.15) is 0 Å². The molecule has 106 valence electrons. The lowest BCUT2D eigenvalue weighted by Crippen LogP contribution is -2.25. The predicted molar refractivity (Wildman–Crippen MR) is 74.4 cm³/mol. The fourth-order valence-electron chi connectivity index (χ4n) is 1.77. The van der Waals surface area contributed by atoms with Crippen molar-refractivity contribution in [2.75, 3.05) is 6.54 Å². The Kier molecular flexibility index (Phi) is 6.49. The van der Waals surface area contributed by atoms with Crippen LogP contribution in [0.3, 0.4) is 0 Å². The molecule has 6 heteroatoms. The minimum atomic E-state index is -0.809. The van der Waals surface area contributed by atoms with Crippen LogP contribution in [0.25, 0.3) is 0 Å². The van der Waals surface area contributed by atoms with Crippen LogP contribution in [0.4, 0.5) is 0 Å². The molecule has 0 radical (unpaired) electrons. The quantitative estimate of drug-likeness (QED) is 0.716. The number of nitrogens with zero attached hydrogens (tertiary/aromatic N) is 1. The van der Waals surface area contributed by atoms with Crippen LogP contribution >= 0.6 is 11.3 Å². The van der Waals surface area contributed by atoms with Gasteiger partial charge in [0.05, 0.1) is 10.7 Å². The summed E-state index contributed by atoms with van der Waals surface area (Å²) in [6, 6.07) is 0. The molecule has 2 N–H and O–H groups in total. The summed E-state index contributed by atoms with van der Waals surface area (Å²) in [5.74, 6) is -0.819. The Labute approximate surface area is 117 Å². The molecule has 0 fully saturated rings. The van der Waals surface area contributed by atoms with Crippen LogP contribution in [-0.4, -0.2) is 28.5 Å². The van der Waals surface area contributed by atoms with Crippen LogP contribution in [0, 0.1) is 13.8 Å². The molecular weight excluding hydrogens is 264 g/mol. The SMILES string of the molecule is Cc1nc(C)c(CCNC(=O)CCCCC(=O)O)s1. The molecule has 1 heterocycles. The zero-order chi connectivity index (χ0) is 14.3. The van der Waals surface area contributed by atoms with Crippen LogP contribution in [-0.2, 0) is 16.0 Å². The van der Waals surface area contributed by atoms with Crippen molar-refractivity contribution in [3.8, 4) is 0 Å². The standard InChI is InChI=1S/C13H20N2O3S/c1-9-11(19-10(2)15-9)7-8-14-12(16)5-3-4-6-13(17)18/h3-8H2,1-2H3,(H,14,16)(H,17,18). The first-order valence-electron chi connectivity index (χ1n) is 6.40. The second-order valence-corrected chi connectivity index (χ2v) is 5.73. The number of carbonyl (C=O) groups excluding carboxylic acids is 1. The minimum Gasteiger partial charge on any atom is -0.481 e. The Balaban J connectivity index is 2.13. The molecule has 0 aliphatic carbocycles. The van der Waals surface area contributed by atoms with E-state index in [9.17, 15) is 9.59 Å². The van der Waals surface area contributed by atoms with E-state index in [1.165, 1.54) is 4.88 Å². The first kappa shape index (κ1) is 15.6. The van der Waals surface area contributed by atoms with Gasteiger partial charge in [0.2, 0.25) is 5.91 Å². The third kappa shape index (κ3) is 6.33. The third-order valence-electron chi connectivity index (χ3n) is 2.72. The highest BCUT2D eigenvalue weighted by Crippen LogP contribution is 2.17. The van der Waals surface area contributed by atoms with Gasteiger partial charge in [-0.1, -0.05) is 0 Å². The number of aryl methyl sites for hydroxylation is 2. The van der Waals surface area contributed by atoms with Crippen molar-refractivity contribution < 1.29 is 14.7 Å². The summed E-state index contributed by atoms with van der Waals surface area (Å²) in [6.45, 7) is 4.56. The molecule has 1 amide bonds. The summed E-state index contributed by atoms with van der Waals surface area (Å²) in [4.78, 5) is 27.3. The zero-order valence-corrected chi connectivity index (χ0v) is 12.2. The van der Waals surface area contributed by atoms with E-state index in [0.29, 0.717) is 25.8 Å². The normalized spacial score (nSPS) is 10.4. The fourth-order valence-corrected chi connectivity index (χ4v) is 2.71. The summed E-state index contributed by atoms with van der Waals surface area (Å²) in [5, 5.41) is 12.4. The highest BCUT2D eigenvalue weighted by Gasteiger charge is 2.06. The lowest BCUT2D eigenvalue weighted by molar-refractivity contribution is -0.137. The number of carboxylic acid groups (broad SMARTS) is 1. The number of aromatic nitrogens is 1. The van der Waals surface area contributed by atoms with Gasteiger partial charge in [0.1, 0.15) is 0 Å². The lowest BCUT2D eigenvalue weighted by atomic mass is 10.2. The molecule has 0 unspecified atom stereocenters. The van der Waals surface area contributed by atoms with Crippen molar-refractivity contribution in [2.45, 2.75) is 46.0 Å². The Morgan fingerprint density at radius 3 is 2.53 bits per heavy atom. The summed E-state index contributed by atoms with van der Waals surface area (Å²) in [5.41, 5.74) is 1.04. The van der Waals surface area contributed by atoms with E-state index < -0.39 is 5.97 Å². The van der Waals surface area contributed by atoms with Crippen molar-refractivity contribution in [2.24, 2.45) is 0 Å². The van der Waals surface area contributed by atoms with E-state index in [-0.39, 0.29) is 12.3 Å². The molecule has 0 aliphatic rings. The van der Waals surface area contributed by atoms with Gasteiger partial charge in [0.25, 0.3) is 0 Å². The van der Waals surface area contributed by atoms with E-state index in [1.54, 1.807) is 11.3 Å². The topological polar surface area (TPSA) is 79.3 Å². The Morgan fingerprint density at radius 2 is 1.95 bits per heavy atom. The number of amides is 1. The highest BCUT2D eigenvalue weighted by molar-refractivity contribution is 7.11. The van der Waals surface area contributed by atoms with Gasteiger partial charge in [-0.15, -0.1) is 11.3 Å². The lowest BCUT2D eigenvalue weighted by Gasteiger charge is -2.04. The molecular formula is C13H20N2O3S. The van der Waals surface area contributed by atoms with Gasteiger partial charge in [-0.05, 0) is 26.7 Å². The van der Waals surface area contributed by atoms with Crippen LogP contribution in [0.15, 0.2) is 0 Å². The van der Waals surface area contributed by atoms with E-state index in [0.717, 1.165) is 17.1 Å².